The van der Waals surface area contributed by atoms with Crippen molar-refractivity contribution >= 4 is 11.8 Å². The van der Waals surface area contributed by atoms with Gasteiger partial charge in [0.2, 0.25) is 11.8 Å². The standard InChI is InChI=1S/C11H17N3O3/c12-6-2-1-4-8(10(13)15)14-11(16)9-5-3-7-17-9/h8-9H,1-5,7H2,(H2,13,15)(H,14,16)/t8-,9+/m1/s1. The molecule has 0 radical (unpaired) electrons. The second kappa shape index (κ2) is 6.86. The molecule has 0 unspecified atom stereocenters. The summed E-state index contributed by atoms with van der Waals surface area (Å²) < 4.78 is 5.20. The summed E-state index contributed by atoms with van der Waals surface area (Å²) >= 11 is 0. The van der Waals surface area contributed by atoms with Crippen LogP contribution in [0.25, 0.3) is 0 Å². The van der Waals surface area contributed by atoms with E-state index in [0.717, 1.165) is 6.42 Å². The number of nitrogens with zero attached hydrogens (tertiary/aromatic N) is 1. The molecule has 1 fully saturated rings. The fraction of sp³-hybridized carbons (Fsp3) is 0.727. The van der Waals surface area contributed by atoms with Gasteiger partial charge >= 0.3 is 0 Å². The SMILES string of the molecule is N#CCCC[C@@H](NC(=O)[C@@H]1CCCO1)C(N)=O. The largest absolute Gasteiger partial charge is 0.368 e. The van der Waals surface area contributed by atoms with Gasteiger partial charge in [-0.15, -0.1) is 0 Å². The van der Waals surface area contributed by atoms with Crippen LogP contribution in [0.5, 0.6) is 0 Å². The molecule has 94 valence electrons. The quantitative estimate of drug-likeness (QED) is 0.627. The lowest BCUT2D eigenvalue weighted by atomic mass is 10.1. The lowest BCUT2D eigenvalue weighted by Crippen LogP contribution is -2.47. The highest BCUT2D eigenvalue weighted by molar-refractivity contribution is 5.88. The molecule has 0 aromatic rings. The molecule has 0 aliphatic carbocycles. The molecule has 6 nitrogen and oxygen atoms in total. The smallest absolute Gasteiger partial charge is 0.249 e. The summed E-state index contributed by atoms with van der Waals surface area (Å²) in [7, 11) is 0. The van der Waals surface area contributed by atoms with Crippen molar-refractivity contribution in [1.82, 2.24) is 5.32 Å². The van der Waals surface area contributed by atoms with E-state index in [-0.39, 0.29) is 5.91 Å². The maximum absolute atomic E-state index is 11.7. The predicted octanol–water partition coefficient (Wildman–Crippen LogP) is -0.171. The second-order valence-corrected chi connectivity index (χ2v) is 4.02. The van der Waals surface area contributed by atoms with Crippen molar-refractivity contribution in [3.05, 3.63) is 0 Å². The molecule has 17 heavy (non-hydrogen) atoms. The average Bonchev–Trinajstić information content (AvgIpc) is 2.81. The van der Waals surface area contributed by atoms with Gasteiger partial charge in [-0.3, -0.25) is 9.59 Å². The number of hydrogen-bond donors (Lipinski definition) is 2. The normalized spacial score (nSPS) is 20.5. The van der Waals surface area contributed by atoms with Crippen LogP contribution >= 0.6 is 0 Å². The van der Waals surface area contributed by atoms with Gasteiger partial charge in [-0.2, -0.15) is 5.26 Å². The lowest BCUT2D eigenvalue weighted by molar-refractivity contribution is -0.133. The van der Waals surface area contributed by atoms with Gasteiger partial charge in [0.1, 0.15) is 12.1 Å². The van der Waals surface area contributed by atoms with Gasteiger partial charge in [-0.25, -0.2) is 0 Å². The molecule has 6 heteroatoms. The first kappa shape index (κ1) is 13.5. The number of hydrogen-bond acceptors (Lipinski definition) is 4. The zero-order valence-corrected chi connectivity index (χ0v) is 9.65. The van der Waals surface area contributed by atoms with Gasteiger partial charge in [-0.1, -0.05) is 0 Å². The minimum absolute atomic E-state index is 0.289. The Bertz CT molecular complexity index is 318. The Morgan fingerprint density at radius 3 is 2.88 bits per heavy atom. The zero-order valence-electron chi connectivity index (χ0n) is 9.65. The first-order valence-electron chi connectivity index (χ1n) is 5.73. The van der Waals surface area contributed by atoms with Gasteiger partial charge in [0.05, 0.1) is 6.07 Å². The molecular weight excluding hydrogens is 222 g/mol. The van der Waals surface area contributed by atoms with Crippen LogP contribution in [0.3, 0.4) is 0 Å². The van der Waals surface area contributed by atoms with E-state index in [0.29, 0.717) is 32.3 Å². The van der Waals surface area contributed by atoms with Crippen molar-refractivity contribution in [1.29, 1.82) is 5.26 Å². The highest BCUT2D eigenvalue weighted by atomic mass is 16.5. The number of carbonyl (C=O) groups is 2. The topological polar surface area (TPSA) is 105 Å². The van der Waals surface area contributed by atoms with E-state index in [1.807, 2.05) is 6.07 Å². The number of nitriles is 1. The Morgan fingerprint density at radius 2 is 2.35 bits per heavy atom. The first-order chi connectivity index (χ1) is 8.15. The summed E-state index contributed by atoms with van der Waals surface area (Å²) in [5.41, 5.74) is 5.19. The van der Waals surface area contributed by atoms with Crippen LogP contribution in [0.4, 0.5) is 0 Å². The van der Waals surface area contributed by atoms with Crippen molar-refractivity contribution in [3.63, 3.8) is 0 Å². The summed E-state index contributed by atoms with van der Waals surface area (Å²) in [5.74, 6) is -0.863. The molecule has 1 rings (SSSR count). The van der Waals surface area contributed by atoms with E-state index in [1.165, 1.54) is 0 Å². The fourth-order valence-corrected chi connectivity index (χ4v) is 1.72. The number of ether oxygens (including phenoxy) is 1. The number of nitrogens with one attached hydrogen (secondary N) is 1. The second-order valence-electron chi connectivity index (χ2n) is 4.02. The van der Waals surface area contributed by atoms with E-state index < -0.39 is 18.1 Å². The van der Waals surface area contributed by atoms with Crippen LogP contribution in [0, 0.1) is 11.3 Å². The van der Waals surface area contributed by atoms with E-state index in [1.54, 1.807) is 0 Å². The molecule has 1 aliphatic rings. The van der Waals surface area contributed by atoms with Crippen molar-refractivity contribution in [2.24, 2.45) is 5.73 Å². The predicted molar refractivity (Wildman–Crippen MR) is 59.6 cm³/mol. The summed E-state index contributed by atoms with van der Waals surface area (Å²) in [6.45, 7) is 0.577. The minimum Gasteiger partial charge on any atom is -0.368 e. The molecular formula is C11H17N3O3. The van der Waals surface area contributed by atoms with Crippen molar-refractivity contribution in [3.8, 4) is 6.07 Å². The molecule has 0 aromatic carbocycles. The highest BCUT2D eigenvalue weighted by Crippen LogP contribution is 2.12. The third-order valence-corrected chi connectivity index (χ3v) is 2.66. The zero-order chi connectivity index (χ0) is 12.7. The van der Waals surface area contributed by atoms with Gasteiger partial charge in [0.15, 0.2) is 0 Å². The Morgan fingerprint density at radius 1 is 1.59 bits per heavy atom. The summed E-state index contributed by atoms with van der Waals surface area (Å²) in [5, 5.41) is 11.0. The van der Waals surface area contributed by atoms with E-state index in [2.05, 4.69) is 5.32 Å². The third kappa shape index (κ3) is 4.41. The van der Waals surface area contributed by atoms with Crippen LogP contribution in [-0.2, 0) is 14.3 Å². The minimum atomic E-state index is -0.708. The monoisotopic (exact) mass is 239 g/mol. The summed E-state index contributed by atoms with van der Waals surface area (Å²) in [6, 6.07) is 1.27. The number of primary amides is 1. The van der Waals surface area contributed by atoms with Gasteiger partial charge in [0, 0.05) is 13.0 Å². The number of carbonyl (C=O) groups excluding carboxylic acids is 2. The molecule has 2 atom stereocenters. The Kier molecular flexibility index (Phi) is 5.43. The highest BCUT2D eigenvalue weighted by Gasteiger charge is 2.27. The van der Waals surface area contributed by atoms with Crippen LogP contribution < -0.4 is 11.1 Å². The van der Waals surface area contributed by atoms with E-state index in [4.69, 9.17) is 15.7 Å². The van der Waals surface area contributed by atoms with E-state index >= 15 is 0 Å². The van der Waals surface area contributed by atoms with E-state index in [9.17, 15) is 9.59 Å². The van der Waals surface area contributed by atoms with Gasteiger partial charge < -0.3 is 15.8 Å². The molecule has 3 N–H and O–H groups in total. The van der Waals surface area contributed by atoms with Crippen molar-refractivity contribution in [2.45, 2.75) is 44.2 Å². The molecule has 0 bridgehead atoms. The Labute approximate surface area is 100 Å². The van der Waals surface area contributed by atoms with Crippen molar-refractivity contribution < 1.29 is 14.3 Å². The number of unbranched alkanes of at least 4 members (excludes halogenated alkanes) is 1. The Balaban J connectivity index is 2.40. The lowest BCUT2D eigenvalue weighted by Gasteiger charge is -2.17. The number of nitrogens with two attached hydrogens (primary N) is 1. The molecule has 2 amide bonds. The average molecular weight is 239 g/mol. The summed E-state index contributed by atoms with van der Waals surface area (Å²) in [4.78, 5) is 22.8. The summed E-state index contributed by atoms with van der Waals surface area (Å²) in [6.07, 6.45) is 2.34. The molecule has 1 aliphatic heterocycles. The molecule has 0 spiro atoms. The van der Waals surface area contributed by atoms with Crippen LogP contribution in [0.1, 0.15) is 32.1 Å². The van der Waals surface area contributed by atoms with Crippen LogP contribution in [-0.4, -0.2) is 30.6 Å². The number of rotatable bonds is 6. The third-order valence-electron chi connectivity index (χ3n) is 2.66. The maximum atomic E-state index is 11.7. The number of amides is 2. The molecule has 0 aromatic heterocycles. The Hall–Kier alpha value is -1.61. The van der Waals surface area contributed by atoms with Gasteiger partial charge in [-0.05, 0) is 25.7 Å². The van der Waals surface area contributed by atoms with Gasteiger partial charge in [0.25, 0.3) is 0 Å². The first-order valence-corrected chi connectivity index (χ1v) is 5.73. The molecule has 1 saturated heterocycles. The van der Waals surface area contributed by atoms with Crippen LogP contribution in [0.2, 0.25) is 0 Å². The molecule has 1 heterocycles. The van der Waals surface area contributed by atoms with Crippen LogP contribution in [0.15, 0.2) is 0 Å². The molecule has 0 saturated carbocycles. The maximum Gasteiger partial charge on any atom is 0.249 e. The fourth-order valence-electron chi connectivity index (χ4n) is 1.72. The van der Waals surface area contributed by atoms with Crippen molar-refractivity contribution in [2.75, 3.05) is 6.61 Å².